The van der Waals surface area contributed by atoms with Crippen LogP contribution in [0.5, 0.6) is 17.2 Å². The van der Waals surface area contributed by atoms with Gasteiger partial charge in [0.1, 0.15) is 23.4 Å². The monoisotopic (exact) mass is 726 g/mol. The Balaban J connectivity index is 0.895. The average molecular weight is 727 g/mol. The summed E-state index contributed by atoms with van der Waals surface area (Å²) < 4.78 is 17.8. The third-order valence-corrected chi connectivity index (χ3v) is 10.6. The molecule has 0 saturated carbocycles. The Morgan fingerprint density at radius 2 is 1.64 bits per heavy atom. The second-order valence-electron chi connectivity index (χ2n) is 14.3. The summed E-state index contributed by atoms with van der Waals surface area (Å²) in [6, 6.07) is 21.5. The number of aromatic nitrogens is 1. The summed E-state index contributed by atoms with van der Waals surface area (Å²) in [6.45, 7) is 4.78. The zero-order chi connectivity index (χ0) is 37.0. The molecule has 3 aliphatic rings. The zero-order valence-electron chi connectivity index (χ0n) is 30.7. The van der Waals surface area contributed by atoms with Gasteiger partial charge in [0.25, 0.3) is 0 Å². The van der Waals surface area contributed by atoms with Gasteiger partial charge in [0.05, 0.1) is 31.4 Å². The minimum Gasteiger partial charge on any atom is -0.506 e. The van der Waals surface area contributed by atoms with Crippen LogP contribution in [0.4, 0.5) is 4.79 Å². The minimum absolute atomic E-state index is 0.0129. The summed E-state index contributed by atoms with van der Waals surface area (Å²) in [7, 11) is 1.64. The van der Waals surface area contributed by atoms with Crippen molar-refractivity contribution < 1.29 is 29.2 Å². The number of hydrogen-bond donors (Lipinski definition) is 5. The lowest BCUT2D eigenvalue weighted by atomic mass is 9.86. The Kier molecular flexibility index (Phi) is 13.6. The van der Waals surface area contributed by atoms with Crippen molar-refractivity contribution in [1.29, 1.82) is 0 Å². The molecule has 3 saturated heterocycles. The van der Waals surface area contributed by atoms with Crippen LogP contribution in [0.2, 0.25) is 0 Å². The number of aliphatic hydroxyl groups excluding tert-OH is 1. The maximum atomic E-state index is 13.3. The lowest BCUT2D eigenvalue weighted by Gasteiger charge is -2.43. The molecule has 5 N–H and O–H groups in total. The van der Waals surface area contributed by atoms with E-state index in [0.717, 1.165) is 95.1 Å². The molecule has 1 amide bonds. The first-order valence-electron chi connectivity index (χ1n) is 19.2. The number of unbranched alkanes of at least 4 members (excludes halogenated alkanes) is 6. The molecule has 11 nitrogen and oxygen atoms in total. The average Bonchev–Trinajstić information content (AvgIpc) is 3.18. The van der Waals surface area contributed by atoms with Gasteiger partial charge in [-0.1, -0.05) is 68.5 Å². The number of ether oxygens (including phenoxy) is 3. The number of hydrogen-bond acceptors (Lipinski definition) is 9. The van der Waals surface area contributed by atoms with Gasteiger partial charge >= 0.3 is 6.09 Å². The van der Waals surface area contributed by atoms with Crippen molar-refractivity contribution in [3.05, 3.63) is 99.8 Å². The van der Waals surface area contributed by atoms with E-state index in [-0.39, 0.29) is 17.4 Å². The van der Waals surface area contributed by atoms with E-state index >= 15 is 0 Å². The van der Waals surface area contributed by atoms with E-state index in [9.17, 15) is 19.8 Å². The van der Waals surface area contributed by atoms with Crippen molar-refractivity contribution in [2.75, 3.05) is 46.4 Å². The maximum Gasteiger partial charge on any atom is 0.408 e. The van der Waals surface area contributed by atoms with E-state index in [1.165, 1.54) is 12.1 Å². The number of rotatable bonds is 19. The number of phenolic OH excluding ortho intramolecular Hbond substituents is 1. The molecule has 11 heteroatoms. The highest BCUT2D eigenvalue weighted by Crippen LogP contribution is 2.33. The predicted molar refractivity (Wildman–Crippen MR) is 206 cm³/mol. The number of pyridine rings is 1. The molecule has 1 aromatic heterocycles. The molecule has 7 rings (SSSR count). The van der Waals surface area contributed by atoms with Gasteiger partial charge in [-0.15, -0.1) is 0 Å². The van der Waals surface area contributed by atoms with Gasteiger partial charge < -0.3 is 40.0 Å². The first kappa shape index (κ1) is 38.2. The summed E-state index contributed by atoms with van der Waals surface area (Å²) in [5.74, 6) is 1.80. The number of phenols is 1. The van der Waals surface area contributed by atoms with E-state index in [2.05, 4.69) is 20.5 Å². The molecule has 2 bridgehead atoms. The van der Waals surface area contributed by atoms with E-state index in [4.69, 9.17) is 14.2 Å². The second-order valence-corrected chi connectivity index (χ2v) is 14.3. The van der Waals surface area contributed by atoms with Gasteiger partial charge in [0.2, 0.25) is 5.56 Å². The third kappa shape index (κ3) is 10.5. The molecule has 3 aliphatic heterocycles. The van der Waals surface area contributed by atoms with Gasteiger partial charge in [-0.3, -0.25) is 9.69 Å². The number of aromatic amines is 1. The molecule has 3 atom stereocenters. The summed E-state index contributed by atoms with van der Waals surface area (Å²) in [6.07, 6.45) is 8.52. The summed E-state index contributed by atoms with van der Waals surface area (Å²) >= 11 is 0. The van der Waals surface area contributed by atoms with Crippen LogP contribution >= 0.6 is 0 Å². The van der Waals surface area contributed by atoms with Gasteiger partial charge in [-0.2, -0.15) is 0 Å². The number of nitrogens with one attached hydrogen (secondary N) is 3. The molecular weight excluding hydrogens is 672 g/mol. The van der Waals surface area contributed by atoms with Crippen LogP contribution in [-0.4, -0.2) is 78.7 Å². The van der Waals surface area contributed by atoms with E-state index < -0.39 is 18.2 Å². The molecular formula is C42H54N4O7. The van der Waals surface area contributed by atoms with Crippen molar-refractivity contribution in [3.63, 3.8) is 0 Å². The van der Waals surface area contributed by atoms with Crippen LogP contribution in [0.1, 0.15) is 86.6 Å². The number of aromatic hydroxyl groups is 1. The van der Waals surface area contributed by atoms with E-state index in [1.54, 1.807) is 19.2 Å². The highest BCUT2D eigenvalue weighted by molar-refractivity contribution is 5.87. The number of carbonyl (C=O) groups excluding carboxylic acids is 1. The number of methoxy groups -OCH3 is 1. The first-order chi connectivity index (χ1) is 25.9. The highest BCUT2D eigenvalue weighted by atomic mass is 16.6. The van der Waals surface area contributed by atoms with E-state index in [1.807, 2.05) is 48.5 Å². The quantitative estimate of drug-likeness (QED) is 0.0677. The number of carbonyl (C=O) groups is 1. The standard InChI is InChI=1S/C42H54N4O7/c1-51-32-24-31(40(30-12-8-7-9-13-30)45-42(50)53-38-28-46-21-18-29(38)19-22-46)25-33(26-32)52-23-11-6-4-2-3-5-10-20-43-27-37(48)34-14-16-36(47)41-35(34)15-17-39(49)44-41/h7-9,12-17,24-26,29,37-38,40,43,47-48H,2-6,10-11,18-23,27-28H2,1H3,(H,44,49)(H,45,50). The SMILES string of the molecule is COc1cc(OCCCCCCCCCNCC(O)c2ccc(O)c3[nH]c(=O)ccc23)cc(C(NC(=O)OC2CN3CCC2CC3)c2ccccc2)c1. The Bertz CT molecular complexity index is 1830. The lowest BCUT2D eigenvalue weighted by Crippen LogP contribution is -2.52. The van der Waals surface area contributed by atoms with Crippen LogP contribution in [0, 0.1) is 5.92 Å². The molecule has 4 heterocycles. The highest BCUT2D eigenvalue weighted by Gasteiger charge is 2.37. The maximum absolute atomic E-state index is 13.3. The lowest BCUT2D eigenvalue weighted by molar-refractivity contribution is -0.0336. The molecule has 0 aliphatic carbocycles. The van der Waals surface area contributed by atoms with Crippen LogP contribution in [0.3, 0.4) is 0 Å². The Hall–Kier alpha value is -4.58. The van der Waals surface area contributed by atoms with Crippen molar-refractivity contribution in [1.82, 2.24) is 20.5 Å². The predicted octanol–water partition coefficient (Wildman–Crippen LogP) is 6.58. The fourth-order valence-electron chi connectivity index (χ4n) is 7.62. The molecule has 53 heavy (non-hydrogen) atoms. The van der Waals surface area contributed by atoms with Crippen molar-refractivity contribution in [2.45, 2.75) is 76.0 Å². The number of benzene rings is 3. The molecule has 3 aromatic carbocycles. The molecule has 0 radical (unpaired) electrons. The van der Waals surface area contributed by atoms with Crippen LogP contribution in [0.15, 0.2) is 77.6 Å². The second kappa shape index (κ2) is 19.0. The Morgan fingerprint density at radius 3 is 2.38 bits per heavy atom. The Labute approximate surface area is 311 Å². The number of fused-ring (bicyclic) bond motifs is 4. The minimum atomic E-state index is -0.750. The molecule has 3 fully saturated rings. The van der Waals surface area contributed by atoms with Gasteiger partial charge in [-0.25, -0.2) is 4.79 Å². The van der Waals surface area contributed by atoms with Gasteiger partial charge in [0, 0.05) is 30.6 Å². The smallest absolute Gasteiger partial charge is 0.408 e. The fourth-order valence-corrected chi connectivity index (χ4v) is 7.62. The summed E-state index contributed by atoms with van der Waals surface area (Å²) in [5.41, 5.74) is 2.53. The van der Waals surface area contributed by atoms with E-state index in [0.29, 0.717) is 47.0 Å². The summed E-state index contributed by atoms with van der Waals surface area (Å²) in [4.78, 5) is 29.9. The number of amides is 1. The largest absolute Gasteiger partial charge is 0.506 e. The van der Waals surface area contributed by atoms with Crippen LogP contribution in [-0.2, 0) is 4.74 Å². The Morgan fingerprint density at radius 1 is 0.906 bits per heavy atom. The van der Waals surface area contributed by atoms with Crippen molar-refractivity contribution in [3.8, 4) is 17.2 Å². The van der Waals surface area contributed by atoms with Gasteiger partial charge in [-0.05, 0) is 92.2 Å². The number of nitrogens with zero attached hydrogens (tertiary/aromatic N) is 1. The molecule has 3 unspecified atom stereocenters. The van der Waals surface area contributed by atoms with Crippen LogP contribution < -0.4 is 25.7 Å². The first-order valence-corrected chi connectivity index (χ1v) is 19.2. The van der Waals surface area contributed by atoms with Crippen LogP contribution in [0.25, 0.3) is 10.9 Å². The number of H-pyrrole nitrogens is 1. The van der Waals surface area contributed by atoms with Gasteiger partial charge in [0.15, 0.2) is 0 Å². The van der Waals surface area contributed by atoms with Crippen molar-refractivity contribution >= 4 is 17.0 Å². The number of aliphatic hydroxyl groups is 1. The fraction of sp³-hybridized carbons (Fsp3) is 0.476. The third-order valence-electron chi connectivity index (χ3n) is 10.6. The normalized spacial score (nSPS) is 19.1. The topological polar surface area (TPSA) is 145 Å². The van der Waals surface area contributed by atoms with Crippen molar-refractivity contribution in [2.24, 2.45) is 5.92 Å². The molecule has 0 spiro atoms. The molecule has 284 valence electrons. The number of alkyl carbamates (subject to hydrolysis) is 1. The zero-order valence-corrected chi connectivity index (χ0v) is 30.7. The summed E-state index contributed by atoms with van der Waals surface area (Å²) in [5, 5.41) is 27.9. The molecule has 4 aromatic rings. The number of piperidine rings is 3.